The molecule has 0 aliphatic heterocycles. The third-order valence-corrected chi connectivity index (χ3v) is 4.57. The Bertz CT molecular complexity index is 696. The number of rotatable bonds is 5. The van der Waals surface area contributed by atoms with E-state index >= 15 is 0 Å². The number of hydrogen-bond donors (Lipinski definition) is 1. The lowest BCUT2D eigenvalue weighted by atomic mass is 10.1. The van der Waals surface area contributed by atoms with Crippen LogP contribution in [0.5, 0.6) is 0 Å². The summed E-state index contributed by atoms with van der Waals surface area (Å²) in [7, 11) is 1.65. The van der Waals surface area contributed by atoms with Crippen molar-refractivity contribution in [3.8, 4) is 0 Å². The van der Waals surface area contributed by atoms with Gasteiger partial charge in [-0.05, 0) is 36.4 Å². The van der Waals surface area contributed by atoms with Gasteiger partial charge in [0, 0.05) is 24.7 Å². The topological polar surface area (TPSA) is 57.6 Å². The summed E-state index contributed by atoms with van der Waals surface area (Å²) in [6.07, 6.45) is 0.449. The van der Waals surface area contributed by atoms with Gasteiger partial charge in [-0.25, -0.2) is 4.39 Å². The van der Waals surface area contributed by atoms with E-state index in [2.05, 4.69) is 0 Å². The summed E-state index contributed by atoms with van der Waals surface area (Å²) in [6.45, 7) is 2.22. The van der Waals surface area contributed by atoms with Gasteiger partial charge >= 0.3 is 5.97 Å². The van der Waals surface area contributed by atoms with Crippen molar-refractivity contribution in [2.75, 3.05) is 13.6 Å². The number of thiophene rings is 1. The van der Waals surface area contributed by atoms with Gasteiger partial charge in [-0.1, -0.05) is 6.07 Å². The van der Waals surface area contributed by atoms with Crippen molar-refractivity contribution >= 4 is 33.3 Å². The molecule has 0 aliphatic rings. The van der Waals surface area contributed by atoms with Crippen LogP contribution in [0.4, 0.5) is 4.39 Å². The molecule has 1 N–H and O–H groups in total. The van der Waals surface area contributed by atoms with Crippen molar-refractivity contribution < 1.29 is 19.1 Å². The lowest BCUT2D eigenvalue weighted by molar-refractivity contribution is -0.137. The predicted octanol–water partition coefficient (Wildman–Crippen LogP) is 3.29. The van der Waals surface area contributed by atoms with Crippen LogP contribution in [0.1, 0.15) is 28.1 Å². The summed E-state index contributed by atoms with van der Waals surface area (Å²) >= 11 is 1.27. The molecule has 0 saturated carbocycles. The minimum Gasteiger partial charge on any atom is -0.481 e. The molecule has 0 fully saturated rings. The maximum Gasteiger partial charge on any atom is 0.303 e. The van der Waals surface area contributed by atoms with Gasteiger partial charge in [0.25, 0.3) is 5.91 Å². The fourth-order valence-electron chi connectivity index (χ4n) is 2.15. The van der Waals surface area contributed by atoms with Gasteiger partial charge < -0.3 is 10.0 Å². The number of fused-ring (bicyclic) bond motifs is 1. The predicted molar refractivity (Wildman–Crippen MR) is 80.4 cm³/mol. The van der Waals surface area contributed by atoms with Crippen LogP contribution in [0.3, 0.4) is 0 Å². The average Bonchev–Trinajstić information content (AvgIpc) is 2.74. The molecule has 0 aliphatic carbocycles. The third kappa shape index (κ3) is 3.39. The molecular formula is C15H16FNO3S. The van der Waals surface area contributed by atoms with Crippen molar-refractivity contribution in [2.45, 2.75) is 19.8 Å². The second kappa shape index (κ2) is 6.22. The molecule has 1 aromatic heterocycles. The van der Waals surface area contributed by atoms with Crippen molar-refractivity contribution in [1.29, 1.82) is 0 Å². The largest absolute Gasteiger partial charge is 0.481 e. The third-order valence-electron chi connectivity index (χ3n) is 3.33. The maximum absolute atomic E-state index is 13.2. The van der Waals surface area contributed by atoms with Gasteiger partial charge in [0.2, 0.25) is 0 Å². The number of amides is 1. The number of aryl methyl sites for hydroxylation is 1. The molecule has 21 heavy (non-hydrogen) atoms. The average molecular weight is 309 g/mol. The van der Waals surface area contributed by atoms with Gasteiger partial charge in [0.1, 0.15) is 5.82 Å². The normalized spacial score (nSPS) is 10.8. The number of carbonyl (C=O) groups is 2. The first kappa shape index (κ1) is 15.4. The molecule has 0 saturated heterocycles. The monoisotopic (exact) mass is 309 g/mol. The van der Waals surface area contributed by atoms with E-state index in [0.717, 1.165) is 15.6 Å². The summed E-state index contributed by atoms with van der Waals surface area (Å²) < 4.78 is 14.0. The summed E-state index contributed by atoms with van der Waals surface area (Å²) in [6, 6.07) is 4.48. The lowest BCUT2D eigenvalue weighted by Crippen LogP contribution is -2.27. The highest BCUT2D eigenvalue weighted by Gasteiger charge is 2.19. The molecule has 0 radical (unpaired) electrons. The first-order chi connectivity index (χ1) is 9.90. The minimum atomic E-state index is -0.871. The number of carboxylic acid groups (broad SMARTS) is 1. The van der Waals surface area contributed by atoms with Crippen LogP contribution in [0, 0.1) is 12.7 Å². The van der Waals surface area contributed by atoms with E-state index in [0.29, 0.717) is 17.8 Å². The lowest BCUT2D eigenvalue weighted by Gasteiger charge is -2.16. The molecule has 112 valence electrons. The van der Waals surface area contributed by atoms with Crippen LogP contribution in [0.2, 0.25) is 0 Å². The number of hydrogen-bond acceptors (Lipinski definition) is 3. The number of halogens is 1. The molecule has 1 amide bonds. The summed E-state index contributed by atoms with van der Waals surface area (Å²) in [5.74, 6) is -1.35. The first-order valence-electron chi connectivity index (χ1n) is 6.56. The molecule has 6 heteroatoms. The van der Waals surface area contributed by atoms with E-state index in [1.165, 1.54) is 28.4 Å². The molecule has 0 atom stereocenters. The smallest absolute Gasteiger partial charge is 0.303 e. The molecule has 2 aromatic rings. The van der Waals surface area contributed by atoms with Crippen LogP contribution < -0.4 is 0 Å². The van der Waals surface area contributed by atoms with E-state index in [4.69, 9.17) is 5.11 Å². The maximum atomic E-state index is 13.2. The van der Waals surface area contributed by atoms with Gasteiger partial charge in [-0.2, -0.15) is 0 Å². The van der Waals surface area contributed by atoms with Crippen molar-refractivity contribution in [2.24, 2.45) is 0 Å². The molecule has 0 bridgehead atoms. The van der Waals surface area contributed by atoms with Crippen molar-refractivity contribution in [3.05, 3.63) is 34.5 Å². The van der Waals surface area contributed by atoms with E-state index in [-0.39, 0.29) is 18.1 Å². The number of carboxylic acids is 1. The zero-order valence-electron chi connectivity index (χ0n) is 11.9. The molecular weight excluding hydrogens is 293 g/mol. The quantitative estimate of drug-likeness (QED) is 0.922. The molecule has 4 nitrogen and oxygen atoms in total. The Morgan fingerprint density at radius 3 is 2.76 bits per heavy atom. The molecule has 2 rings (SSSR count). The van der Waals surface area contributed by atoms with Gasteiger partial charge in [-0.3, -0.25) is 9.59 Å². The van der Waals surface area contributed by atoms with E-state index in [9.17, 15) is 14.0 Å². The standard InChI is InChI=1S/C15H16FNO3S/c1-9-11-6-5-10(16)8-12(11)21-14(9)15(20)17(2)7-3-4-13(18)19/h5-6,8H,3-4,7H2,1-2H3,(H,18,19). The van der Waals surface area contributed by atoms with Crippen LogP contribution in [-0.2, 0) is 4.79 Å². The van der Waals surface area contributed by atoms with Crippen LogP contribution in [0.15, 0.2) is 18.2 Å². The number of nitrogens with zero attached hydrogens (tertiary/aromatic N) is 1. The van der Waals surface area contributed by atoms with Gasteiger partial charge in [-0.15, -0.1) is 11.3 Å². The fraction of sp³-hybridized carbons (Fsp3) is 0.333. The van der Waals surface area contributed by atoms with Crippen molar-refractivity contribution in [1.82, 2.24) is 4.90 Å². The fourth-order valence-corrected chi connectivity index (χ4v) is 3.37. The Labute approximate surface area is 125 Å². The number of carbonyl (C=O) groups excluding carboxylic acids is 1. The van der Waals surface area contributed by atoms with Crippen molar-refractivity contribution in [3.63, 3.8) is 0 Å². The Hall–Kier alpha value is -1.95. The Morgan fingerprint density at radius 2 is 2.10 bits per heavy atom. The van der Waals surface area contributed by atoms with Crippen LogP contribution in [-0.4, -0.2) is 35.5 Å². The number of benzene rings is 1. The zero-order valence-corrected chi connectivity index (χ0v) is 12.7. The first-order valence-corrected chi connectivity index (χ1v) is 7.37. The zero-order chi connectivity index (χ0) is 15.6. The second-order valence-corrected chi connectivity index (χ2v) is 5.97. The molecule has 0 spiro atoms. The Balaban J connectivity index is 2.19. The van der Waals surface area contributed by atoms with E-state index < -0.39 is 5.97 Å². The number of aliphatic carboxylic acids is 1. The Kier molecular flexibility index (Phi) is 4.57. The molecule has 1 aromatic carbocycles. The van der Waals surface area contributed by atoms with Gasteiger partial charge in [0.15, 0.2) is 0 Å². The van der Waals surface area contributed by atoms with Crippen LogP contribution in [0.25, 0.3) is 10.1 Å². The minimum absolute atomic E-state index is 0.0359. The summed E-state index contributed by atoms with van der Waals surface area (Å²) in [5, 5.41) is 9.49. The Morgan fingerprint density at radius 1 is 1.38 bits per heavy atom. The highest BCUT2D eigenvalue weighted by Crippen LogP contribution is 2.32. The summed E-state index contributed by atoms with van der Waals surface area (Å²) in [5.41, 5.74) is 0.838. The summed E-state index contributed by atoms with van der Waals surface area (Å²) in [4.78, 5) is 25.0. The van der Waals surface area contributed by atoms with E-state index in [1.54, 1.807) is 13.1 Å². The highest BCUT2D eigenvalue weighted by atomic mass is 32.1. The van der Waals surface area contributed by atoms with Crippen LogP contribution >= 0.6 is 11.3 Å². The molecule has 0 unspecified atom stereocenters. The second-order valence-electron chi connectivity index (χ2n) is 4.92. The SMILES string of the molecule is Cc1c(C(=O)N(C)CCCC(=O)O)sc2cc(F)ccc12. The van der Waals surface area contributed by atoms with E-state index in [1.807, 2.05) is 6.92 Å². The van der Waals surface area contributed by atoms with Gasteiger partial charge in [0.05, 0.1) is 4.88 Å². The molecule has 1 heterocycles. The highest BCUT2D eigenvalue weighted by molar-refractivity contribution is 7.21.